The highest BCUT2D eigenvalue weighted by Gasteiger charge is 2.17. The van der Waals surface area contributed by atoms with Gasteiger partial charge in [0, 0.05) is 31.4 Å². The quantitative estimate of drug-likeness (QED) is 0.849. The predicted octanol–water partition coefficient (Wildman–Crippen LogP) is 2.74. The smallest absolute Gasteiger partial charge is 0.310 e. The zero-order valence-electron chi connectivity index (χ0n) is 13.4. The number of anilines is 1. The van der Waals surface area contributed by atoms with E-state index >= 15 is 0 Å². The molecule has 6 heteroatoms. The van der Waals surface area contributed by atoms with Gasteiger partial charge >= 0.3 is 5.97 Å². The maximum absolute atomic E-state index is 11.5. The Hall–Kier alpha value is -0.970. The van der Waals surface area contributed by atoms with Gasteiger partial charge in [0.1, 0.15) is 0 Å². The lowest BCUT2D eigenvalue weighted by Crippen LogP contribution is -2.49. The fourth-order valence-electron chi connectivity index (χ4n) is 2.71. The lowest BCUT2D eigenvalue weighted by molar-refractivity contribution is -0.142. The van der Waals surface area contributed by atoms with E-state index in [4.69, 9.17) is 4.74 Å². The van der Waals surface area contributed by atoms with E-state index in [1.807, 2.05) is 13.0 Å². The molecule has 1 fully saturated rings. The Morgan fingerprint density at radius 2 is 2.14 bits per heavy atom. The average Bonchev–Trinajstić information content (AvgIpc) is 2.39. The maximum atomic E-state index is 11.5. The van der Waals surface area contributed by atoms with Crippen LogP contribution in [0.25, 0.3) is 0 Å². The molecule has 0 amide bonds. The summed E-state index contributed by atoms with van der Waals surface area (Å²) in [6.45, 7) is 9.66. The van der Waals surface area contributed by atoms with Crippen LogP contribution in [0.5, 0.6) is 0 Å². The van der Waals surface area contributed by atoms with E-state index in [0.29, 0.717) is 19.1 Å². The number of hydrogen-bond acceptors (Lipinski definition) is 4. The number of piperazine rings is 1. The van der Waals surface area contributed by atoms with E-state index < -0.39 is 0 Å². The summed E-state index contributed by atoms with van der Waals surface area (Å²) in [5.41, 5.74) is 3.51. The van der Waals surface area contributed by atoms with Gasteiger partial charge in [0.2, 0.25) is 0 Å². The summed E-state index contributed by atoms with van der Waals surface area (Å²) in [7, 11) is 0. The molecule has 1 atom stereocenters. The highest BCUT2D eigenvalue weighted by atomic mass is 35.5. The lowest BCUT2D eigenvalue weighted by atomic mass is 10.1. The Morgan fingerprint density at radius 1 is 1.41 bits per heavy atom. The van der Waals surface area contributed by atoms with Crippen molar-refractivity contribution in [1.82, 2.24) is 5.32 Å². The fraction of sp³-hybridized carbons (Fsp3) is 0.562. The number of hydrogen-bond donors (Lipinski definition) is 1. The fourth-order valence-corrected chi connectivity index (χ4v) is 2.71. The Balaban J connectivity index is 0.00000220. The first kappa shape index (κ1) is 21.0. The minimum atomic E-state index is -0.157. The molecule has 0 unspecified atom stereocenters. The lowest BCUT2D eigenvalue weighted by Gasteiger charge is -2.34. The van der Waals surface area contributed by atoms with Crippen LogP contribution in [0.15, 0.2) is 18.2 Å². The summed E-state index contributed by atoms with van der Waals surface area (Å²) >= 11 is 0. The molecular weight excluding hydrogens is 323 g/mol. The van der Waals surface area contributed by atoms with Crippen LogP contribution in [0, 0.1) is 6.92 Å². The molecule has 0 saturated carbocycles. The summed E-state index contributed by atoms with van der Waals surface area (Å²) in [5, 5.41) is 3.45. The van der Waals surface area contributed by atoms with E-state index in [-0.39, 0.29) is 30.8 Å². The van der Waals surface area contributed by atoms with Gasteiger partial charge in [-0.3, -0.25) is 4.79 Å². The summed E-state index contributed by atoms with van der Waals surface area (Å²) < 4.78 is 4.99. The van der Waals surface area contributed by atoms with Crippen LogP contribution in [0.2, 0.25) is 0 Å². The van der Waals surface area contributed by atoms with Crippen molar-refractivity contribution in [2.45, 2.75) is 33.2 Å². The topological polar surface area (TPSA) is 41.6 Å². The Kier molecular flexibility index (Phi) is 9.49. The minimum Gasteiger partial charge on any atom is -0.466 e. The molecule has 1 aliphatic heterocycles. The number of aryl methyl sites for hydroxylation is 1. The van der Waals surface area contributed by atoms with Crippen molar-refractivity contribution in [2.75, 3.05) is 31.1 Å². The van der Waals surface area contributed by atoms with Gasteiger partial charge in [-0.25, -0.2) is 0 Å². The number of nitrogens with zero attached hydrogens (tertiary/aromatic N) is 1. The summed E-state index contributed by atoms with van der Waals surface area (Å²) in [6, 6.07) is 6.77. The number of halogens is 2. The molecule has 1 aliphatic rings. The molecule has 0 radical (unpaired) electrons. The Bertz CT molecular complexity index is 483. The van der Waals surface area contributed by atoms with E-state index in [1.165, 1.54) is 11.3 Å². The van der Waals surface area contributed by atoms with E-state index in [0.717, 1.165) is 25.2 Å². The summed E-state index contributed by atoms with van der Waals surface area (Å²) in [4.78, 5) is 13.9. The molecule has 0 aromatic heterocycles. The number of benzene rings is 1. The van der Waals surface area contributed by atoms with Crippen molar-refractivity contribution in [3.05, 3.63) is 29.3 Å². The van der Waals surface area contributed by atoms with Gasteiger partial charge in [-0.15, -0.1) is 24.8 Å². The van der Waals surface area contributed by atoms with Crippen LogP contribution >= 0.6 is 24.8 Å². The first-order valence-corrected chi connectivity index (χ1v) is 7.33. The van der Waals surface area contributed by atoms with Crippen molar-refractivity contribution in [1.29, 1.82) is 0 Å². The number of esters is 1. The number of carbonyl (C=O) groups is 1. The number of nitrogens with one attached hydrogen (secondary N) is 1. The Labute approximate surface area is 145 Å². The molecule has 0 spiro atoms. The predicted molar refractivity (Wildman–Crippen MR) is 95.7 cm³/mol. The molecule has 126 valence electrons. The van der Waals surface area contributed by atoms with Crippen LogP contribution in [0.1, 0.15) is 25.0 Å². The van der Waals surface area contributed by atoms with Gasteiger partial charge in [-0.2, -0.15) is 0 Å². The maximum Gasteiger partial charge on any atom is 0.310 e. The van der Waals surface area contributed by atoms with Crippen LogP contribution in [0.3, 0.4) is 0 Å². The first-order chi connectivity index (χ1) is 9.60. The molecule has 1 aromatic carbocycles. The van der Waals surface area contributed by atoms with E-state index in [2.05, 4.69) is 36.2 Å². The molecule has 0 bridgehead atoms. The van der Waals surface area contributed by atoms with Gasteiger partial charge in [0.25, 0.3) is 0 Å². The molecule has 1 saturated heterocycles. The molecule has 2 rings (SSSR count). The van der Waals surface area contributed by atoms with Gasteiger partial charge in [0.15, 0.2) is 0 Å². The number of rotatable bonds is 4. The third-order valence-corrected chi connectivity index (χ3v) is 3.62. The SMILES string of the molecule is CCOC(=O)Cc1ccc(N2CCN[C@@H](C)C2)c(C)c1.Cl.Cl. The number of ether oxygens (including phenoxy) is 1. The normalized spacial score (nSPS) is 17.2. The van der Waals surface area contributed by atoms with Crippen LogP contribution < -0.4 is 10.2 Å². The van der Waals surface area contributed by atoms with E-state index in [9.17, 15) is 4.79 Å². The molecule has 1 aromatic rings. The second-order valence-corrected chi connectivity index (χ2v) is 5.40. The van der Waals surface area contributed by atoms with Gasteiger partial charge in [-0.05, 0) is 38.0 Å². The zero-order valence-corrected chi connectivity index (χ0v) is 15.1. The average molecular weight is 349 g/mol. The van der Waals surface area contributed by atoms with Crippen LogP contribution in [-0.4, -0.2) is 38.3 Å². The van der Waals surface area contributed by atoms with E-state index in [1.54, 1.807) is 0 Å². The standard InChI is InChI=1S/C16H24N2O2.2ClH/c1-4-20-16(19)10-14-5-6-15(12(2)9-14)18-8-7-17-13(3)11-18;;/h5-6,9,13,17H,4,7-8,10-11H2,1-3H3;2*1H/t13-;;/m0../s1. The third kappa shape index (κ3) is 5.67. The second-order valence-electron chi connectivity index (χ2n) is 5.40. The van der Waals surface area contributed by atoms with Gasteiger partial charge in [-0.1, -0.05) is 12.1 Å². The molecule has 0 aliphatic carbocycles. The Morgan fingerprint density at radius 3 is 2.73 bits per heavy atom. The molecule has 1 N–H and O–H groups in total. The zero-order chi connectivity index (χ0) is 14.5. The van der Waals surface area contributed by atoms with Crippen molar-refractivity contribution in [3.63, 3.8) is 0 Å². The minimum absolute atomic E-state index is 0. The molecule has 22 heavy (non-hydrogen) atoms. The van der Waals surface area contributed by atoms with Gasteiger partial charge in [0.05, 0.1) is 13.0 Å². The van der Waals surface area contributed by atoms with Gasteiger partial charge < -0.3 is 15.0 Å². The van der Waals surface area contributed by atoms with Crippen molar-refractivity contribution in [2.24, 2.45) is 0 Å². The first-order valence-electron chi connectivity index (χ1n) is 7.33. The molecule has 1 heterocycles. The van der Waals surface area contributed by atoms with Crippen molar-refractivity contribution in [3.8, 4) is 0 Å². The largest absolute Gasteiger partial charge is 0.466 e. The monoisotopic (exact) mass is 348 g/mol. The van der Waals surface area contributed by atoms with Crippen molar-refractivity contribution < 1.29 is 9.53 Å². The third-order valence-electron chi connectivity index (χ3n) is 3.62. The highest BCUT2D eigenvalue weighted by molar-refractivity contribution is 5.85. The molecule has 4 nitrogen and oxygen atoms in total. The molecular formula is C16H26Cl2N2O2. The second kappa shape index (κ2) is 9.93. The number of carbonyl (C=O) groups excluding carboxylic acids is 1. The van der Waals surface area contributed by atoms with Crippen LogP contribution in [-0.2, 0) is 16.0 Å². The summed E-state index contributed by atoms with van der Waals surface area (Å²) in [5.74, 6) is -0.157. The highest BCUT2D eigenvalue weighted by Crippen LogP contribution is 2.22. The summed E-state index contributed by atoms with van der Waals surface area (Å²) in [6.07, 6.45) is 0.354. The van der Waals surface area contributed by atoms with Crippen molar-refractivity contribution >= 4 is 36.5 Å². The van der Waals surface area contributed by atoms with Crippen LogP contribution in [0.4, 0.5) is 5.69 Å².